The van der Waals surface area contributed by atoms with Gasteiger partial charge in [-0.15, -0.1) is 0 Å². The van der Waals surface area contributed by atoms with E-state index in [-0.39, 0.29) is 12.3 Å². The molecule has 0 saturated carbocycles. The molecule has 1 aromatic carbocycles. The van der Waals surface area contributed by atoms with Gasteiger partial charge in [-0.1, -0.05) is 30.3 Å². The minimum absolute atomic E-state index is 0.181. The van der Waals surface area contributed by atoms with Crippen LogP contribution < -0.4 is 16.4 Å². The van der Waals surface area contributed by atoms with E-state index in [1.807, 2.05) is 36.6 Å². The molecular formula is C18H30BN3O4S. The predicted molar refractivity (Wildman–Crippen MR) is 110 cm³/mol. The van der Waals surface area contributed by atoms with Gasteiger partial charge >= 0.3 is 7.12 Å². The molecule has 6 N–H and O–H groups in total. The van der Waals surface area contributed by atoms with Gasteiger partial charge in [-0.2, -0.15) is 11.8 Å². The first-order valence-electron chi connectivity index (χ1n) is 9.16. The van der Waals surface area contributed by atoms with Crippen molar-refractivity contribution in [2.75, 3.05) is 18.6 Å². The van der Waals surface area contributed by atoms with Crippen molar-refractivity contribution in [3.63, 3.8) is 0 Å². The number of amides is 2. The van der Waals surface area contributed by atoms with Crippen LogP contribution >= 0.6 is 11.8 Å². The Balaban J connectivity index is 2.69. The van der Waals surface area contributed by atoms with Gasteiger partial charge in [0.25, 0.3) is 0 Å². The zero-order valence-corrected chi connectivity index (χ0v) is 16.6. The number of carbonyl (C=O) groups excluding carboxylic acids is 2. The van der Waals surface area contributed by atoms with Crippen LogP contribution in [0.2, 0.25) is 0 Å². The molecule has 9 heteroatoms. The Hall–Kier alpha value is -1.55. The van der Waals surface area contributed by atoms with Crippen LogP contribution in [0.15, 0.2) is 30.3 Å². The standard InChI is InChI=1S/C18H30BN3O4S/c1-27-12-10-16(19(25)26)22-18(24)15(9-5-6-11-20)21-17(23)13-14-7-3-2-4-8-14/h2-4,7-8,15-16,25-26H,5-6,9-13,20H2,1H3,(H,21,23)(H,22,24)/t15-,16-/m0/s1. The van der Waals surface area contributed by atoms with Crippen LogP contribution in [-0.2, 0) is 16.0 Å². The summed E-state index contributed by atoms with van der Waals surface area (Å²) in [6.45, 7) is 0.512. The van der Waals surface area contributed by atoms with Gasteiger partial charge in [0, 0.05) is 0 Å². The number of nitrogens with two attached hydrogens (primary N) is 1. The number of hydrogen-bond acceptors (Lipinski definition) is 6. The van der Waals surface area contributed by atoms with Crippen LogP contribution in [0.5, 0.6) is 0 Å². The third-order valence-electron chi connectivity index (χ3n) is 4.13. The SMILES string of the molecule is CSCC[C@H](NC(=O)[C@H](CCCCN)NC(=O)Cc1ccccc1)B(O)O. The average Bonchev–Trinajstić information content (AvgIpc) is 2.64. The molecule has 0 spiro atoms. The van der Waals surface area contributed by atoms with Crippen LogP contribution in [0, 0.1) is 0 Å². The number of nitrogens with one attached hydrogen (secondary N) is 2. The van der Waals surface area contributed by atoms with E-state index in [4.69, 9.17) is 5.73 Å². The maximum Gasteiger partial charge on any atom is 0.475 e. The van der Waals surface area contributed by atoms with Crippen molar-refractivity contribution in [2.24, 2.45) is 5.73 Å². The Bertz CT molecular complexity index is 563. The number of carbonyl (C=O) groups is 2. The minimum Gasteiger partial charge on any atom is -0.426 e. The molecule has 0 fully saturated rings. The molecule has 0 bridgehead atoms. The first kappa shape index (κ1) is 23.5. The Labute approximate surface area is 165 Å². The Morgan fingerprint density at radius 3 is 2.44 bits per heavy atom. The molecule has 0 radical (unpaired) electrons. The van der Waals surface area contributed by atoms with E-state index in [1.54, 1.807) is 11.8 Å². The summed E-state index contributed by atoms with van der Waals surface area (Å²) in [5.74, 6) is -0.749. The molecule has 1 aromatic rings. The first-order chi connectivity index (χ1) is 13.0. The molecule has 2 atom stereocenters. The molecule has 27 heavy (non-hydrogen) atoms. The second-order valence-electron chi connectivity index (χ2n) is 6.38. The molecule has 0 saturated heterocycles. The lowest BCUT2D eigenvalue weighted by Crippen LogP contribution is -2.54. The lowest BCUT2D eigenvalue weighted by Gasteiger charge is -2.23. The van der Waals surface area contributed by atoms with Crippen LogP contribution in [0.25, 0.3) is 0 Å². The fraction of sp³-hybridized carbons (Fsp3) is 0.556. The van der Waals surface area contributed by atoms with Crippen LogP contribution in [0.4, 0.5) is 0 Å². The lowest BCUT2D eigenvalue weighted by molar-refractivity contribution is -0.129. The molecular weight excluding hydrogens is 365 g/mol. The van der Waals surface area contributed by atoms with E-state index in [0.29, 0.717) is 31.6 Å². The summed E-state index contributed by atoms with van der Waals surface area (Å²) in [5.41, 5.74) is 6.37. The molecule has 1 rings (SSSR count). The maximum absolute atomic E-state index is 12.6. The number of unbranched alkanes of at least 4 members (excludes halogenated alkanes) is 1. The van der Waals surface area contributed by atoms with E-state index >= 15 is 0 Å². The van der Waals surface area contributed by atoms with Crippen LogP contribution in [0.3, 0.4) is 0 Å². The van der Waals surface area contributed by atoms with Crippen molar-refractivity contribution in [1.29, 1.82) is 0 Å². The highest BCUT2D eigenvalue weighted by Gasteiger charge is 2.28. The molecule has 0 unspecified atom stereocenters. The van der Waals surface area contributed by atoms with Gasteiger partial charge in [-0.3, -0.25) is 9.59 Å². The summed E-state index contributed by atoms with van der Waals surface area (Å²) < 4.78 is 0. The van der Waals surface area contributed by atoms with Crippen molar-refractivity contribution in [2.45, 2.75) is 44.1 Å². The fourth-order valence-electron chi connectivity index (χ4n) is 2.61. The van der Waals surface area contributed by atoms with Crippen molar-refractivity contribution < 1.29 is 19.6 Å². The van der Waals surface area contributed by atoms with Crippen LogP contribution in [-0.4, -0.2) is 59.5 Å². The highest BCUT2D eigenvalue weighted by atomic mass is 32.2. The highest BCUT2D eigenvalue weighted by molar-refractivity contribution is 7.98. The van der Waals surface area contributed by atoms with Gasteiger partial charge < -0.3 is 26.4 Å². The highest BCUT2D eigenvalue weighted by Crippen LogP contribution is 2.06. The maximum atomic E-state index is 12.6. The van der Waals surface area contributed by atoms with Crippen molar-refractivity contribution in [3.8, 4) is 0 Å². The second kappa shape index (κ2) is 13.6. The molecule has 0 aromatic heterocycles. The van der Waals surface area contributed by atoms with Gasteiger partial charge in [-0.25, -0.2) is 0 Å². The van der Waals surface area contributed by atoms with E-state index in [0.717, 1.165) is 12.0 Å². The van der Waals surface area contributed by atoms with Gasteiger partial charge in [0.15, 0.2) is 0 Å². The zero-order chi connectivity index (χ0) is 20.1. The molecule has 0 aliphatic heterocycles. The van der Waals surface area contributed by atoms with Crippen LogP contribution in [0.1, 0.15) is 31.2 Å². The molecule has 7 nitrogen and oxygen atoms in total. The predicted octanol–water partition coefficient (Wildman–Crippen LogP) is 0.0928. The van der Waals surface area contributed by atoms with Crippen molar-refractivity contribution >= 4 is 30.7 Å². The third-order valence-corrected chi connectivity index (χ3v) is 4.77. The smallest absolute Gasteiger partial charge is 0.426 e. The third kappa shape index (κ3) is 9.81. The average molecular weight is 395 g/mol. The Kier molecular flexibility index (Phi) is 11.8. The van der Waals surface area contributed by atoms with Gasteiger partial charge in [0.05, 0.1) is 12.4 Å². The minimum atomic E-state index is -1.65. The first-order valence-corrected chi connectivity index (χ1v) is 10.6. The largest absolute Gasteiger partial charge is 0.475 e. The number of thioether (sulfide) groups is 1. The van der Waals surface area contributed by atoms with Gasteiger partial charge in [0.1, 0.15) is 6.04 Å². The van der Waals surface area contributed by atoms with Crippen molar-refractivity contribution in [1.82, 2.24) is 10.6 Å². The van der Waals surface area contributed by atoms with Gasteiger partial charge in [-0.05, 0) is 49.8 Å². The lowest BCUT2D eigenvalue weighted by atomic mass is 9.77. The molecule has 0 aliphatic rings. The van der Waals surface area contributed by atoms with E-state index in [9.17, 15) is 19.6 Å². The number of benzene rings is 1. The van der Waals surface area contributed by atoms with E-state index < -0.39 is 25.0 Å². The Morgan fingerprint density at radius 2 is 1.85 bits per heavy atom. The molecule has 2 amide bonds. The Morgan fingerprint density at radius 1 is 1.15 bits per heavy atom. The molecule has 0 aliphatic carbocycles. The van der Waals surface area contributed by atoms with Crippen molar-refractivity contribution in [3.05, 3.63) is 35.9 Å². The van der Waals surface area contributed by atoms with E-state index in [1.165, 1.54) is 0 Å². The molecule has 0 heterocycles. The summed E-state index contributed by atoms with van der Waals surface area (Å²) in [6.07, 6.45) is 4.40. The summed E-state index contributed by atoms with van der Waals surface area (Å²) in [7, 11) is -1.65. The zero-order valence-electron chi connectivity index (χ0n) is 15.8. The monoisotopic (exact) mass is 395 g/mol. The normalized spacial score (nSPS) is 12.9. The topological polar surface area (TPSA) is 125 Å². The summed E-state index contributed by atoms with van der Waals surface area (Å²) in [5, 5.41) is 24.4. The van der Waals surface area contributed by atoms with Gasteiger partial charge in [0.2, 0.25) is 11.8 Å². The summed E-state index contributed by atoms with van der Waals surface area (Å²) in [6, 6.07) is 8.55. The summed E-state index contributed by atoms with van der Waals surface area (Å²) in [4.78, 5) is 25.0. The quantitative estimate of drug-likeness (QED) is 0.238. The second-order valence-corrected chi connectivity index (χ2v) is 7.36. The summed E-state index contributed by atoms with van der Waals surface area (Å²) >= 11 is 1.55. The fourth-order valence-corrected chi connectivity index (χ4v) is 3.10. The molecule has 150 valence electrons. The number of hydrogen-bond donors (Lipinski definition) is 5. The number of rotatable bonds is 13. The van der Waals surface area contributed by atoms with E-state index in [2.05, 4.69) is 10.6 Å².